The number of carbonyl (C=O) groups is 1. The molecule has 1 aliphatic rings. The average molecular weight is 416 g/mol. The number of hydrogen-bond donors (Lipinski definition) is 2. The molecule has 2 aromatic carbocycles. The summed E-state index contributed by atoms with van der Waals surface area (Å²) in [6.07, 6.45) is 2.07. The normalized spacial score (nSPS) is 17.5. The van der Waals surface area contributed by atoms with Gasteiger partial charge in [-0.1, -0.05) is 29.3 Å². The van der Waals surface area contributed by atoms with Gasteiger partial charge in [-0.15, -0.1) is 0 Å². The van der Waals surface area contributed by atoms with Crippen LogP contribution < -0.4 is 10.5 Å². The molecule has 156 valence electrons. The van der Waals surface area contributed by atoms with Crippen LogP contribution in [-0.2, 0) is 14.8 Å². The van der Waals surface area contributed by atoms with E-state index in [-0.39, 0.29) is 23.4 Å². The van der Waals surface area contributed by atoms with Crippen LogP contribution in [0.25, 0.3) is 0 Å². The number of hydrogen-bond acceptors (Lipinski definition) is 4. The fourth-order valence-electron chi connectivity index (χ4n) is 4.09. The topological polar surface area (TPSA) is 92.5 Å². The zero-order chi connectivity index (χ0) is 21.3. The van der Waals surface area contributed by atoms with Crippen molar-refractivity contribution in [2.75, 3.05) is 18.4 Å². The monoisotopic (exact) mass is 415 g/mol. The quantitative estimate of drug-likeness (QED) is 0.783. The molecule has 0 aromatic heterocycles. The van der Waals surface area contributed by atoms with Gasteiger partial charge in [0.15, 0.2) is 0 Å². The van der Waals surface area contributed by atoms with Crippen molar-refractivity contribution in [3.8, 4) is 0 Å². The van der Waals surface area contributed by atoms with E-state index in [2.05, 4.69) is 42.3 Å². The van der Waals surface area contributed by atoms with Gasteiger partial charge in [0.25, 0.3) is 0 Å². The molecule has 0 saturated carbocycles. The van der Waals surface area contributed by atoms with Crippen molar-refractivity contribution >= 4 is 21.6 Å². The molecule has 6 nitrogen and oxygen atoms in total. The minimum absolute atomic E-state index is 0.00480. The number of amides is 1. The zero-order valence-corrected chi connectivity index (χ0v) is 18.3. The maximum atomic E-state index is 12.8. The lowest BCUT2D eigenvalue weighted by Gasteiger charge is -2.25. The molecule has 7 heteroatoms. The van der Waals surface area contributed by atoms with Gasteiger partial charge in [-0.2, -0.15) is 0 Å². The van der Waals surface area contributed by atoms with Crippen molar-refractivity contribution in [3.05, 3.63) is 58.1 Å². The Labute approximate surface area is 173 Å². The number of aryl methyl sites for hydroxylation is 3. The summed E-state index contributed by atoms with van der Waals surface area (Å²) in [5, 5.41) is 8.15. The van der Waals surface area contributed by atoms with Gasteiger partial charge in [0.1, 0.15) is 0 Å². The zero-order valence-electron chi connectivity index (χ0n) is 17.5. The molecule has 1 heterocycles. The molecule has 0 aliphatic carbocycles. The highest BCUT2D eigenvalue weighted by atomic mass is 32.2. The standard InChI is InChI=1S/C22H29N3O3S/c1-14-8-15(2)10-18(9-14)21-6-5-7-25(21)13-22(26)24-20-12-19(29(23,27)28)11-16(3)17(20)4/h8-12,21H,5-7,13H2,1-4H3,(H,24,26)(H2,23,27,28). The minimum Gasteiger partial charge on any atom is -0.325 e. The summed E-state index contributed by atoms with van der Waals surface area (Å²) in [6.45, 7) is 8.95. The van der Waals surface area contributed by atoms with E-state index in [0.29, 0.717) is 5.69 Å². The third kappa shape index (κ3) is 5.04. The van der Waals surface area contributed by atoms with Crippen molar-refractivity contribution in [1.82, 2.24) is 4.90 Å². The maximum absolute atomic E-state index is 12.8. The Morgan fingerprint density at radius 2 is 1.76 bits per heavy atom. The number of nitrogens with zero attached hydrogens (tertiary/aromatic N) is 1. The molecule has 1 amide bonds. The average Bonchev–Trinajstić information content (AvgIpc) is 3.05. The number of nitrogens with two attached hydrogens (primary N) is 1. The van der Waals surface area contributed by atoms with E-state index in [4.69, 9.17) is 5.14 Å². The third-order valence-corrected chi connectivity index (χ3v) is 6.48. The van der Waals surface area contributed by atoms with Crippen LogP contribution in [0, 0.1) is 27.7 Å². The van der Waals surface area contributed by atoms with Crippen LogP contribution >= 0.6 is 0 Å². The molecule has 1 atom stereocenters. The Hall–Kier alpha value is -2.22. The summed E-state index contributed by atoms with van der Waals surface area (Å²) in [6, 6.07) is 9.71. The number of nitrogens with one attached hydrogen (secondary N) is 1. The van der Waals surface area contributed by atoms with Crippen LogP contribution in [0.2, 0.25) is 0 Å². The molecule has 1 unspecified atom stereocenters. The number of likely N-dealkylation sites (tertiary alicyclic amines) is 1. The van der Waals surface area contributed by atoms with E-state index in [1.807, 2.05) is 6.92 Å². The highest BCUT2D eigenvalue weighted by Gasteiger charge is 2.28. The lowest BCUT2D eigenvalue weighted by atomic mass is 9.99. The maximum Gasteiger partial charge on any atom is 0.238 e. The van der Waals surface area contributed by atoms with Crippen molar-refractivity contribution < 1.29 is 13.2 Å². The Balaban J connectivity index is 1.78. The van der Waals surface area contributed by atoms with E-state index in [0.717, 1.165) is 30.5 Å². The second kappa shape index (κ2) is 8.26. The highest BCUT2D eigenvalue weighted by molar-refractivity contribution is 7.89. The van der Waals surface area contributed by atoms with Crippen LogP contribution in [0.4, 0.5) is 5.69 Å². The van der Waals surface area contributed by atoms with Crippen molar-refractivity contribution in [1.29, 1.82) is 0 Å². The second-order valence-corrected chi connectivity index (χ2v) is 9.62. The number of sulfonamides is 1. The van der Waals surface area contributed by atoms with E-state index < -0.39 is 10.0 Å². The van der Waals surface area contributed by atoms with Crippen LogP contribution in [0.1, 0.15) is 46.7 Å². The lowest BCUT2D eigenvalue weighted by Crippen LogP contribution is -2.33. The molecule has 1 aliphatic heterocycles. The van der Waals surface area contributed by atoms with Crippen molar-refractivity contribution in [2.45, 2.75) is 51.5 Å². The van der Waals surface area contributed by atoms with Crippen LogP contribution in [0.5, 0.6) is 0 Å². The van der Waals surface area contributed by atoms with E-state index in [1.54, 1.807) is 6.92 Å². The minimum atomic E-state index is -3.84. The van der Waals surface area contributed by atoms with Gasteiger partial charge in [-0.25, -0.2) is 13.6 Å². The first kappa shape index (κ1) is 21.5. The third-order valence-electron chi connectivity index (χ3n) is 5.58. The number of primary sulfonamides is 1. The van der Waals surface area contributed by atoms with Gasteiger partial charge in [0.05, 0.1) is 11.4 Å². The van der Waals surface area contributed by atoms with Crippen molar-refractivity contribution in [3.63, 3.8) is 0 Å². The highest BCUT2D eigenvalue weighted by Crippen LogP contribution is 2.33. The Kier molecular flexibility index (Phi) is 6.12. The van der Waals surface area contributed by atoms with Gasteiger partial charge in [-0.3, -0.25) is 9.69 Å². The molecule has 0 spiro atoms. The fourth-order valence-corrected chi connectivity index (χ4v) is 4.71. The SMILES string of the molecule is Cc1cc(C)cc(C2CCCN2CC(=O)Nc2cc(S(N)(=O)=O)cc(C)c2C)c1. The number of rotatable bonds is 5. The van der Waals surface area contributed by atoms with Gasteiger partial charge < -0.3 is 5.32 Å². The van der Waals surface area contributed by atoms with Crippen LogP contribution in [-0.4, -0.2) is 32.3 Å². The van der Waals surface area contributed by atoms with Gasteiger partial charge >= 0.3 is 0 Å². The van der Waals surface area contributed by atoms with Crippen LogP contribution in [0.15, 0.2) is 35.2 Å². The summed E-state index contributed by atoms with van der Waals surface area (Å²) in [4.78, 5) is 15.0. The summed E-state index contributed by atoms with van der Waals surface area (Å²) >= 11 is 0. The molecular weight excluding hydrogens is 386 g/mol. The summed E-state index contributed by atoms with van der Waals surface area (Å²) in [5.74, 6) is -0.157. The Morgan fingerprint density at radius 1 is 1.10 bits per heavy atom. The molecule has 1 saturated heterocycles. The molecule has 29 heavy (non-hydrogen) atoms. The molecule has 3 N–H and O–H groups in total. The smallest absolute Gasteiger partial charge is 0.238 e. The van der Waals surface area contributed by atoms with E-state index >= 15 is 0 Å². The molecular formula is C22H29N3O3S. The van der Waals surface area contributed by atoms with E-state index in [9.17, 15) is 13.2 Å². The largest absolute Gasteiger partial charge is 0.325 e. The Morgan fingerprint density at radius 3 is 2.38 bits per heavy atom. The predicted molar refractivity (Wildman–Crippen MR) is 115 cm³/mol. The predicted octanol–water partition coefficient (Wildman–Crippen LogP) is 3.34. The van der Waals surface area contributed by atoms with Gasteiger partial charge in [0.2, 0.25) is 15.9 Å². The van der Waals surface area contributed by atoms with Gasteiger partial charge in [0, 0.05) is 11.7 Å². The first-order valence-electron chi connectivity index (χ1n) is 9.81. The first-order valence-corrected chi connectivity index (χ1v) is 11.4. The summed E-state index contributed by atoms with van der Waals surface area (Å²) in [7, 11) is -3.84. The number of anilines is 1. The van der Waals surface area contributed by atoms with Crippen LogP contribution in [0.3, 0.4) is 0 Å². The number of carbonyl (C=O) groups excluding carboxylic acids is 1. The molecule has 0 radical (unpaired) electrons. The molecule has 0 bridgehead atoms. The first-order chi connectivity index (χ1) is 13.5. The lowest BCUT2D eigenvalue weighted by molar-refractivity contribution is -0.117. The summed E-state index contributed by atoms with van der Waals surface area (Å²) < 4.78 is 23.4. The molecule has 1 fully saturated rings. The van der Waals surface area contributed by atoms with E-state index in [1.165, 1.54) is 28.8 Å². The van der Waals surface area contributed by atoms with Gasteiger partial charge in [-0.05, 0) is 75.9 Å². The Bertz CT molecular complexity index is 1030. The molecule has 2 aromatic rings. The number of benzene rings is 2. The summed E-state index contributed by atoms with van der Waals surface area (Å²) in [5.41, 5.74) is 5.78. The molecule has 3 rings (SSSR count). The van der Waals surface area contributed by atoms with Crippen molar-refractivity contribution in [2.24, 2.45) is 5.14 Å². The second-order valence-electron chi connectivity index (χ2n) is 8.06. The fraction of sp³-hybridized carbons (Fsp3) is 0.409.